The summed E-state index contributed by atoms with van der Waals surface area (Å²) in [5.41, 5.74) is 8.01. The maximum Gasteiger partial charge on any atom is 0.262 e. The molecular formula is C14H18N2O2. The zero-order valence-electron chi connectivity index (χ0n) is 10.3. The third-order valence-corrected chi connectivity index (χ3v) is 3.88. The molecule has 1 aromatic rings. The Morgan fingerprint density at radius 1 is 1.22 bits per heavy atom. The summed E-state index contributed by atoms with van der Waals surface area (Å²) < 4.78 is 5.45. The molecule has 1 heterocycles. The monoisotopic (exact) mass is 246 g/mol. The number of fused-ring (bicyclic) bond motifs is 1. The van der Waals surface area contributed by atoms with Gasteiger partial charge in [0, 0.05) is 6.04 Å². The van der Waals surface area contributed by atoms with E-state index in [1.165, 1.54) is 5.56 Å². The Morgan fingerprint density at radius 2 is 2.00 bits per heavy atom. The van der Waals surface area contributed by atoms with E-state index in [-0.39, 0.29) is 12.5 Å². The van der Waals surface area contributed by atoms with E-state index in [9.17, 15) is 4.79 Å². The standard InChI is InChI=1S/C14H18N2O2/c15-11-4-1-9(2-5-11)10-3-6-12-13(7-10)18-8-14(17)16-12/h3,6-7,9,11H,1-2,4-5,8,15H2,(H,16,17). The lowest BCUT2D eigenvalue weighted by Gasteiger charge is -2.27. The summed E-state index contributed by atoms with van der Waals surface area (Å²) in [6, 6.07) is 6.47. The Balaban J connectivity index is 1.80. The highest BCUT2D eigenvalue weighted by Gasteiger charge is 2.22. The van der Waals surface area contributed by atoms with Crippen LogP contribution in [0.4, 0.5) is 5.69 Å². The Morgan fingerprint density at radius 3 is 2.78 bits per heavy atom. The molecule has 18 heavy (non-hydrogen) atoms. The summed E-state index contributed by atoms with van der Waals surface area (Å²) in [5.74, 6) is 1.29. The first-order chi connectivity index (χ1) is 8.72. The molecule has 1 aliphatic heterocycles. The van der Waals surface area contributed by atoms with Gasteiger partial charge in [-0.3, -0.25) is 4.79 Å². The largest absolute Gasteiger partial charge is 0.482 e. The lowest BCUT2D eigenvalue weighted by molar-refractivity contribution is -0.118. The SMILES string of the molecule is NC1CCC(c2ccc3c(c2)OCC(=O)N3)CC1. The average Bonchev–Trinajstić information content (AvgIpc) is 2.39. The topological polar surface area (TPSA) is 64.3 Å². The molecule has 1 amide bonds. The highest BCUT2D eigenvalue weighted by Crippen LogP contribution is 2.37. The van der Waals surface area contributed by atoms with Crippen LogP contribution in [0.15, 0.2) is 18.2 Å². The highest BCUT2D eigenvalue weighted by molar-refractivity contribution is 5.95. The normalized spacial score (nSPS) is 27.1. The molecule has 1 fully saturated rings. The van der Waals surface area contributed by atoms with Crippen LogP contribution >= 0.6 is 0 Å². The smallest absolute Gasteiger partial charge is 0.262 e. The number of amides is 1. The van der Waals surface area contributed by atoms with Gasteiger partial charge < -0.3 is 15.8 Å². The van der Waals surface area contributed by atoms with Crippen molar-refractivity contribution in [2.75, 3.05) is 11.9 Å². The molecule has 0 unspecified atom stereocenters. The molecule has 0 saturated heterocycles. The Hall–Kier alpha value is -1.55. The van der Waals surface area contributed by atoms with Crippen LogP contribution in [-0.4, -0.2) is 18.6 Å². The number of nitrogens with two attached hydrogens (primary N) is 1. The van der Waals surface area contributed by atoms with Crippen LogP contribution in [0, 0.1) is 0 Å². The number of hydrogen-bond acceptors (Lipinski definition) is 3. The molecule has 1 aliphatic carbocycles. The zero-order valence-corrected chi connectivity index (χ0v) is 10.3. The van der Waals surface area contributed by atoms with Crippen molar-refractivity contribution in [1.29, 1.82) is 0 Å². The maximum absolute atomic E-state index is 11.2. The summed E-state index contributed by atoms with van der Waals surface area (Å²) in [7, 11) is 0. The lowest BCUT2D eigenvalue weighted by Crippen LogP contribution is -2.26. The number of anilines is 1. The summed E-state index contributed by atoms with van der Waals surface area (Å²) in [4.78, 5) is 11.2. The summed E-state index contributed by atoms with van der Waals surface area (Å²) in [6.45, 7) is 0.117. The molecule has 1 saturated carbocycles. The van der Waals surface area contributed by atoms with Gasteiger partial charge in [0.05, 0.1) is 5.69 Å². The minimum absolute atomic E-state index is 0.0844. The predicted molar refractivity (Wildman–Crippen MR) is 69.8 cm³/mol. The van der Waals surface area contributed by atoms with Crippen molar-refractivity contribution in [1.82, 2.24) is 0 Å². The Labute approximate surface area is 107 Å². The van der Waals surface area contributed by atoms with Gasteiger partial charge in [-0.15, -0.1) is 0 Å². The fraction of sp³-hybridized carbons (Fsp3) is 0.500. The van der Waals surface area contributed by atoms with Crippen molar-refractivity contribution in [2.24, 2.45) is 5.73 Å². The van der Waals surface area contributed by atoms with E-state index in [4.69, 9.17) is 10.5 Å². The van der Waals surface area contributed by atoms with Crippen LogP contribution < -0.4 is 15.8 Å². The van der Waals surface area contributed by atoms with Gasteiger partial charge in [-0.05, 0) is 49.3 Å². The van der Waals surface area contributed by atoms with Crippen molar-refractivity contribution in [3.63, 3.8) is 0 Å². The summed E-state index contributed by atoms with van der Waals surface area (Å²) in [6.07, 6.45) is 4.48. The van der Waals surface area contributed by atoms with E-state index in [1.807, 2.05) is 6.07 Å². The second-order valence-electron chi connectivity index (χ2n) is 5.20. The minimum Gasteiger partial charge on any atom is -0.482 e. The molecule has 4 nitrogen and oxygen atoms in total. The molecule has 96 valence electrons. The Kier molecular flexibility index (Phi) is 2.96. The van der Waals surface area contributed by atoms with Gasteiger partial charge in [0.1, 0.15) is 5.75 Å². The van der Waals surface area contributed by atoms with Gasteiger partial charge in [-0.25, -0.2) is 0 Å². The van der Waals surface area contributed by atoms with Crippen LogP contribution in [0.25, 0.3) is 0 Å². The molecule has 0 aromatic heterocycles. The number of hydrogen-bond donors (Lipinski definition) is 2. The molecule has 0 spiro atoms. The van der Waals surface area contributed by atoms with Gasteiger partial charge in [0.15, 0.2) is 6.61 Å². The van der Waals surface area contributed by atoms with Crippen LogP contribution in [-0.2, 0) is 4.79 Å². The second-order valence-corrected chi connectivity index (χ2v) is 5.20. The predicted octanol–water partition coefficient (Wildman–Crippen LogP) is 2.00. The molecule has 4 heteroatoms. The van der Waals surface area contributed by atoms with Crippen LogP contribution in [0.5, 0.6) is 5.75 Å². The number of carbonyl (C=O) groups is 1. The first kappa shape index (κ1) is 11.5. The first-order valence-electron chi connectivity index (χ1n) is 6.54. The van der Waals surface area contributed by atoms with Crippen molar-refractivity contribution in [3.05, 3.63) is 23.8 Å². The van der Waals surface area contributed by atoms with Crippen LogP contribution in [0.2, 0.25) is 0 Å². The fourth-order valence-corrected chi connectivity index (χ4v) is 2.80. The molecule has 2 aliphatic rings. The lowest BCUT2D eigenvalue weighted by atomic mass is 9.82. The van der Waals surface area contributed by atoms with Gasteiger partial charge in [0.2, 0.25) is 0 Å². The van der Waals surface area contributed by atoms with Crippen LogP contribution in [0.1, 0.15) is 37.2 Å². The molecule has 3 rings (SSSR count). The number of ether oxygens (including phenoxy) is 1. The van der Waals surface area contributed by atoms with E-state index < -0.39 is 0 Å². The van der Waals surface area contributed by atoms with E-state index in [0.717, 1.165) is 37.1 Å². The van der Waals surface area contributed by atoms with Gasteiger partial charge in [-0.2, -0.15) is 0 Å². The quantitative estimate of drug-likeness (QED) is 0.796. The second kappa shape index (κ2) is 4.61. The van der Waals surface area contributed by atoms with E-state index in [1.54, 1.807) is 0 Å². The van der Waals surface area contributed by atoms with Gasteiger partial charge in [-0.1, -0.05) is 6.07 Å². The summed E-state index contributed by atoms with van der Waals surface area (Å²) >= 11 is 0. The molecule has 3 N–H and O–H groups in total. The zero-order chi connectivity index (χ0) is 12.5. The molecular weight excluding hydrogens is 228 g/mol. The Bertz CT molecular complexity index is 465. The fourth-order valence-electron chi connectivity index (χ4n) is 2.80. The summed E-state index contributed by atoms with van der Waals surface area (Å²) in [5, 5.41) is 2.81. The van der Waals surface area contributed by atoms with Crippen LogP contribution in [0.3, 0.4) is 0 Å². The third-order valence-electron chi connectivity index (χ3n) is 3.88. The maximum atomic E-state index is 11.2. The average molecular weight is 246 g/mol. The third kappa shape index (κ3) is 2.20. The van der Waals surface area contributed by atoms with Crippen molar-refractivity contribution in [3.8, 4) is 5.75 Å². The molecule has 0 radical (unpaired) electrons. The molecule has 0 atom stereocenters. The van der Waals surface area contributed by atoms with Gasteiger partial charge >= 0.3 is 0 Å². The number of rotatable bonds is 1. The molecule has 0 bridgehead atoms. The first-order valence-corrected chi connectivity index (χ1v) is 6.54. The molecule has 1 aromatic carbocycles. The number of nitrogens with one attached hydrogen (secondary N) is 1. The van der Waals surface area contributed by atoms with Crippen molar-refractivity contribution in [2.45, 2.75) is 37.6 Å². The van der Waals surface area contributed by atoms with E-state index in [2.05, 4.69) is 17.4 Å². The van der Waals surface area contributed by atoms with E-state index >= 15 is 0 Å². The highest BCUT2D eigenvalue weighted by atomic mass is 16.5. The minimum atomic E-state index is -0.0844. The number of carbonyl (C=O) groups excluding carboxylic acids is 1. The number of benzene rings is 1. The van der Waals surface area contributed by atoms with Crippen molar-refractivity contribution >= 4 is 11.6 Å². The van der Waals surface area contributed by atoms with Crippen molar-refractivity contribution < 1.29 is 9.53 Å². The van der Waals surface area contributed by atoms with Gasteiger partial charge in [0.25, 0.3) is 5.91 Å². The van der Waals surface area contributed by atoms with E-state index in [0.29, 0.717) is 12.0 Å².